The fraction of sp³-hybridized carbons (Fsp3) is 0.217. The molecule has 0 amide bonds. The Bertz CT molecular complexity index is 800. The lowest BCUT2D eigenvalue weighted by atomic mass is 9.93. The third kappa shape index (κ3) is 4.28. The fourth-order valence-electron chi connectivity index (χ4n) is 3.20. The number of phenolic OH excluding ortho intramolecular Hbond substituents is 1. The van der Waals surface area contributed by atoms with Gasteiger partial charge in [0.25, 0.3) is 0 Å². The minimum absolute atomic E-state index is 0.106. The number of hydrogen-bond acceptors (Lipinski definition) is 2. The van der Waals surface area contributed by atoms with E-state index in [4.69, 9.17) is 4.74 Å². The van der Waals surface area contributed by atoms with Crippen LogP contribution >= 0.6 is 0 Å². The van der Waals surface area contributed by atoms with Gasteiger partial charge in [-0.05, 0) is 48.6 Å². The molecule has 0 bridgehead atoms. The number of hydrogen-bond donors (Lipinski definition) is 1. The summed E-state index contributed by atoms with van der Waals surface area (Å²) in [5.41, 5.74) is 5.50. The first-order chi connectivity index (χ1) is 12.1. The second kappa shape index (κ2) is 8.00. The predicted octanol–water partition coefficient (Wildman–Crippen LogP) is 5.61. The second-order valence-corrected chi connectivity index (χ2v) is 6.39. The van der Waals surface area contributed by atoms with Crippen LogP contribution in [0.4, 0.5) is 0 Å². The first-order valence-corrected chi connectivity index (χ1v) is 8.66. The van der Waals surface area contributed by atoms with Crippen LogP contribution in [0.5, 0.6) is 5.75 Å². The van der Waals surface area contributed by atoms with Gasteiger partial charge in [-0.25, -0.2) is 0 Å². The van der Waals surface area contributed by atoms with Gasteiger partial charge in [-0.3, -0.25) is 0 Å². The van der Waals surface area contributed by atoms with Crippen molar-refractivity contribution < 1.29 is 9.84 Å². The van der Waals surface area contributed by atoms with Gasteiger partial charge < -0.3 is 9.84 Å². The highest BCUT2D eigenvalue weighted by Gasteiger charge is 2.20. The van der Waals surface area contributed by atoms with Crippen molar-refractivity contribution >= 4 is 11.6 Å². The summed E-state index contributed by atoms with van der Waals surface area (Å²) in [6, 6.07) is 17.7. The van der Waals surface area contributed by atoms with Crippen LogP contribution in [0.15, 0.2) is 78.4 Å². The number of phenols is 1. The lowest BCUT2D eigenvalue weighted by Gasteiger charge is -2.16. The van der Waals surface area contributed by atoms with E-state index in [9.17, 15) is 5.11 Å². The maximum Gasteiger partial charge on any atom is 0.122 e. The second-order valence-electron chi connectivity index (χ2n) is 6.39. The zero-order valence-electron chi connectivity index (χ0n) is 14.6. The normalized spacial score (nSPS) is 17.4. The number of ether oxygens (including phenoxy) is 1. The molecular formula is C23H24O2. The molecule has 0 radical (unpaired) electrons. The quantitative estimate of drug-likeness (QED) is 0.696. The molecule has 1 unspecified atom stereocenters. The number of aromatic hydroxyl groups is 1. The van der Waals surface area contributed by atoms with E-state index in [0.29, 0.717) is 12.4 Å². The van der Waals surface area contributed by atoms with Crippen LogP contribution < -0.4 is 0 Å². The van der Waals surface area contributed by atoms with Gasteiger partial charge in [0, 0.05) is 5.56 Å². The molecule has 3 rings (SSSR count). The standard InChI is InChI=1S/C23H24O2/c1-17(2)21-14-15-25-23(21)13-12-19(18-8-4-3-5-9-18)16-20-10-6-7-11-22(20)24/h3-11,14,16,23-24H,1,12-13,15H2,2H3/b19-16-. The van der Waals surface area contributed by atoms with E-state index < -0.39 is 0 Å². The Balaban J connectivity index is 1.84. The number of para-hydroxylation sites is 1. The lowest BCUT2D eigenvalue weighted by Crippen LogP contribution is -2.11. The molecule has 128 valence electrons. The van der Waals surface area contributed by atoms with Gasteiger partial charge >= 0.3 is 0 Å². The van der Waals surface area contributed by atoms with Crippen molar-refractivity contribution in [3.05, 3.63) is 89.5 Å². The maximum absolute atomic E-state index is 10.1. The molecule has 2 aromatic rings. The van der Waals surface area contributed by atoms with Crippen molar-refractivity contribution in [2.45, 2.75) is 25.9 Å². The van der Waals surface area contributed by atoms with Gasteiger partial charge in [0.1, 0.15) is 5.75 Å². The summed E-state index contributed by atoms with van der Waals surface area (Å²) in [7, 11) is 0. The summed E-state index contributed by atoms with van der Waals surface area (Å²) in [5.74, 6) is 0.301. The lowest BCUT2D eigenvalue weighted by molar-refractivity contribution is 0.117. The van der Waals surface area contributed by atoms with E-state index in [2.05, 4.69) is 30.9 Å². The molecule has 2 heteroatoms. The van der Waals surface area contributed by atoms with Gasteiger partial charge in [-0.15, -0.1) is 0 Å². The molecule has 0 saturated heterocycles. The highest BCUT2D eigenvalue weighted by molar-refractivity contribution is 5.83. The Hall–Kier alpha value is -2.58. The SMILES string of the molecule is C=C(C)C1=CCOC1CC/C(=C/c1ccccc1O)c1ccccc1. The minimum atomic E-state index is 0.106. The van der Waals surface area contributed by atoms with Crippen molar-refractivity contribution in [3.63, 3.8) is 0 Å². The largest absolute Gasteiger partial charge is 0.507 e. The first kappa shape index (κ1) is 17.2. The Kier molecular flexibility index (Phi) is 5.52. The Morgan fingerprint density at radius 1 is 1.16 bits per heavy atom. The zero-order chi connectivity index (χ0) is 17.6. The number of allylic oxidation sites excluding steroid dienone is 1. The van der Waals surface area contributed by atoms with Crippen molar-refractivity contribution in [2.24, 2.45) is 0 Å². The summed E-state index contributed by atoms with van der Waals surface area (Å²) in [4.78, 5) is 0. The van der Waals surface area contributed by atoms with Gasteiger partial charge in [-0.2, -0.15) is 0 Å². The van der Waals surface area contributed by atoms with Gasteiger partial charge in [0.2, 0.25) is 0 Å². The van der Waals surface area contributed by atoms with Crippen LogP contribution in [0.1, 0.15) is 30.9 Å². The molecule has 0 saturated carbocycles. The molecule has 1 N–H and O–H groups in total. The molecule has 2 nitrogen and oxygen atoms in total. The van der Waals surface area contributed by atoms with Crippen LogP contribution in [0.3, 0.4) is 0 Å². The van der Waals surface area contributed by atoms with E-state index in [1.165, 1.54) is 16.7 Å². The minimum Gasteiger partial charge on any atom is -0.507 e. The molecule has 0 spiro atoms. The van der Waals surface area contributed by atoms with E-state index in [1.54, 1.807) is 6.07 Å². The van der Waals surface area contributed by atoms with Gasteiger partial charge in [0.15, 0.2) is 0 Å². The van der Waals surface area contributed by atoms with Gasteiger partial charge in [-0.1, -0.05) is 66.8 Å². The van der Waals surface area contributed by atoms with Crippen molar-refractivity contribution in [2.75, 3.05) is 6.61 Å². The summed E-state index contributed by atoms with van der Waals surface area (Å²) in [6.07, 6.45) is 6.07. The average Bonchev–Trinajstić information content (AvgIpc) is 3.10. The van der Waals surface area contributed by atoms with Crippen molar-refractivity contribution in [1.29, 1.82) is 0 Å². The molecule has 2 aromatic carbocycles. The van der Waals surface area contributed by atoms with E-state index >= 15 is 0 Å². The Morgan fingerprint density at radius 3 is 2.60 bits per heavy atom. The summed E-state index contributed by atoms with van der Waals surface area (Å²) in [6.45, 7) is 6.75. The molecule has 0 aliphatic carbocycles. The topological polar surface area (TPSA) is 29.5 Å². The average molecular weight is 332 g/mol. The molecule has 1 aliphatic rings. The highest BCUT2D eigenvalue weighted by atomic mass is 16.5. The highest BCUT2D eigenvalue weighted by Crippen LogP contribution is 2.31. The van der Waals surface area contributed by atoms with Crippen LogP contribution in [0, 0.1) is 0 Å². The predicted molar refractivity (Wildman–Crippen MR) is 104 cm³/mol. The summed E-state index contributed by atoms with van der Waals surface area (Å²) >= 11 is 0. The molecular weight excluding hydrogens is 308 g/mol. The zero-order valence-corrected chi connectivity index (χ0v) is 14.6. The first-order valence-electron chi connectivity index (χ1n) is 8.66. The van der Waals surface area contributed by atoms with Crippen LogP contribution in [-0.4, -0.2) is 17.8 Å². The third-order valence-corrected chi connectivity index (χ3v) is 4.53. The summed E-state index contributed by atoms with van der Waals surface area (Å²) < 4.78 is 5.86. The van der Waals surface area contributed by atoms with Crippen LogP contribution in [-0.2, 0) is 4.74 Å². The molecule has 0 aromatic heterocycles. The maximum atomic E-state index is 10.1. The number of benzene rings is 2. The van der Waals surface area contributed by atoms with E-state index in [1.807, 2.05) is 43.3 Å². The van der Waals surface area contributed by atoms with E-state index in [0.717, 1.165) is 24.0 Å². The molecule has 1 atom stereocenters. The van der Waals surface area contributed by atoms with E-state index in [-0.39, 0.29) is 6.10 Å². The molecule has 25 heavy (non-hydrogen) atoms. The Morgan fingerprint density at radius 2 is 1.88 bits per heavy atom. The fourth-order valence-corrected chi connectivity index (χ4v) is 3.20. The van der Waals surface area contributed by atoms with Crippen molar-refractivity contribution in [3.8, 4) is 5.75 Å². The van der Waals surface area contributed by atoms with Crippen molar-refractivity contribution in [1.82, 2.24) is 0 Å². The molecule has 1 heterocycles. The third-order valence-electron chi connectivity index (χ3n) is 4.53. The monoisotopic (exact) mass is 332 g/mol. The Labute approximate surface area is 149 Å². The summed E-state index contributed by atoms with van der Waals surface area (Å²) in [5, 5.41) is 10.1. The molecule has 1 aliphatic heterocycles. The molecule has 0 fully saturated rings. The van der Waals surface area contributed by atoms with Gasteiger partial charge in [0.05, 0.1) is 12.7 Å². The van der Waals surface area contributed by atoms with Crippen LogP contribution in [0.2, 0.25) is 0 Å². The van der Waals surface area contributed by atoms with Crippen LogP contribution in [0.25, 0.3) is 11.6 Å². The smallest absolute Gasteiger partial charge is 0.122 e. The number of rotatable bonds is 6.